The molecule has 0 aliphatic heterocycles. The number of aryl methyl sites for hydroxylation is 2. The summed E-state index contributed by atoms with van der Waals surface area (Å²) in [5.74, 6) is -0.111. The molecule has 30 heavy (non-hydrogen) atoms. The van der Waals surface area contributed by atoms with Crippen LogP contribution < -0.4 is 5.32 Å². The lowest BCUT2D eigenvalue weighted by molar-refractivity contribution is 0.0955. The summed E-state index contributed by atoms with van der Waals surface area (Å²) in [5.41, 5.74) is 4.32. The molecule has 0 unspecified atom stereocenters. The monoisotopic (exact) mass is 419 g/mol. The van der Waals surface area contributed by atoms with Crippen LogP contribution in [0.5, 0.6) is 0 Å². The minimum atomic E-state index is -0.111. The molecule has 0 saturated heterocycles. The highest BCUT2D eigenvalue weighted by Gasteiger charge is 2.19. The van der Waals surface area contributed by atoms with Gasteiger partial charge in [-0.05, 0) is 57.9 Å². The molecule has 154 valence electrons. The van der Waals surface area contributed by atoms with Gasteiger partial charge in [0.15, 0.2) is 5.65 Å². The lowest BCUT2D eigenvalue weighted by atomic mass is 10.1. The van der Waals surface area contributed by atoms with Gasteiger partial charge in [0.2, 0.25) is 0 Å². The molecule has 7 heteroatoms. The van der Waals surface area contributed by atoms with E-state index in [4.69, 9.17) is 4.98 Å². The maximum absolute atomic E-state index is 13.1. The molecule has 0 aliphatic carbocycles. The summed E-state index contributed by atoms with van der Waals surface area (Å²) >= 11 is 1.74. The number of nitrogens with one attached hydrogen (secondary N) is 1. The maximum Gasteiger partial charge on any atom is 0.252 e. The standard InChI is InChI=1S/C23H25N5OS/c1-14(2)28-22-20(13-26-28)19(11-21(27-22)18-10-15(3)30-16(18)4)23(29)25-9-7-17-6-5-8-24-12-17/h5-6,8,10-14H,7,9H2,1-4H3,(H,25,29). The van der Waals surface area contributed by atoms with Crippen LogP contribution in [0.25, 0.3) is 22.3 Å². The Morgan fingerprint density at radius 2 is 2.07 bits per heavy atom. The van der Waals surface area contributed by atoms with E-state index < -0.39 is 0 Å². The summed E-state index contributed by atoms with van der Waals surface area (Å²) in [6.45, 7) is 8.85. The van der Waals surface area contributed by atoms with Gasteiger partial charge in [0.25, 0.3) is 5.91 Å². The normalized spacial score (nSPS) is 11.4. The SMILES string of the molecule is Cc1cc(-c2cc(C(=O)NCCc3cccnc3)c3cnn(C(C)C)c3n2)c(C)s1. The molecule has 4 heterocycles. The van der Waals surface area contributed by atoms with Crippen LogP contribution in [0.3, 0.4) is 0 Å². The number of aromatic nitrogens is 4. The van der Waals surface area contributed by atoms with Crippen molar-refractivity contribution in [3.8, 4) is 11.3 Å². The van der Waals surface area contributed by atoms with Crippen LogP contribution in [0.2, 0.25) is 0 Å². The van der Waals surface area contributed by atoms with Crippen molar-refractivity contribution in [2.24, 2.45) is 0 Å². The largest absolute Gasteiger partial charge is 0.352 e. The van der Waals surface area contributed by atoms with Gasteiger partial charge in [0.05, 0.1) is 22.8 Å². The Bertz CT molecular complexity index is 1190. The van der Waals surface area contributed by atoms with Gasteiger partial charge in [-0.25, -0.2) is 9.67 Å². The lowest BCUT2D eigenvalue weighted by Crippen LogP contribution is -2.26. The number of thiophene rings is 1. The van der Waals surface area contributed by atoms with E-state index in [2.05, 4.69) is 49.2 Å². The molecule has 4 rings (SSSR count). The Labute approximate surface area is 180 Å². The first-order valence-corrected chi connectivity index (χ1v) is 10.9. The summed E-state index contributed by atoms with van der Waals surface area (Å²) < 4.78 is 1.87. The van der Waals surface area contributed by atoms with Gasteiger partial charge in [-0.2, -0.15) is 5.10 Å². The average Bonchev–Trinajstić information content (AvgIpc) is 3.30. The van der Waals surface area contributed by atoms with E-state index >= 15 is 0 Å². The van der Waals surface area contributed by atoms with Gasteiger partial charge in [0, 0.05) is 40.3 Å². The minimum Gasteiger partial charge on any atom is -0.352 e. The molecule has 0 saturated carbocycles. The van der Waals surface area contributed by atoms with Crippen molar-refractivity contribution >= 4 is 28.3 Å². The van der Waals surface area contributed by atoms with E-state index in [9.17, 15) is 4.79 Å². The molecule has 4 aromatic rings. The van der Waals surface area contributed by atoms with Crippen LogP contribution in [-0.2, 0) is 6.42 Å². The van der Waals surface area contributed by atoms with Crippen LogP contribution in [0, 0.1) is 13.8 Å². The third-order valence-electron chi connectivity index (χ3n) is 5.04. The van der Waals surface area contributed by atoms with Crippen LogP contribution in [-0.4, -0.2) is 32.2 Å². The summed E-state index contributed by atoms with van der Waals surface area (Å²) in [4.78, 5) is 24.5. The second kappa shape index (κ2) is 8.36. The van der Waals surface area contributed by atoms with E-state index in [1.807, 2.05) is 29.1 Å². The Morgan fingerprint density at radius 1 is 1.23 bits per heavy atom. The van der Waals surface area contributed by atoms with Crippen molar-refractivity contribution in [1.82, 2.24) is 25.1 Å². The Balaban J connectivity index is 1.70. The van der Waals surface area contributed by atoms with Crippen molar-refractivity contribution in [1.29, 1.82) is 0 Å². The number of rotatable bonds is 6. The molecule has 0 aromatic carbocycles. The molecule has 0 atom stereocenters. The highest BCUT2D eigenvalue weighted by molar-refractivity contribution is 7.12. The number of nitrogens with zero attached hydrogens (tertiary/aromatic N) is 4. The number of pyridine rings is 2. The predicted octanol–water partition coefficient (Wildman–Crippen LogP) is 4.73. The van der Waals surface area contributed by atoms with Crippen molar-refractivity contribution < 1.29 is 4.79 Å². The fourth-order valence-electron chi connectivity index (χ4n) is 3.57. The molecular formula is C23H25N5OS. The van der Waals surface area contributed by atoms with Crippen molar-refractivity contribution in [2.75, 3.05) is 6.54 Å². The zero-order valence-electron chi connectivity index (χ0n) is 17.6. The minimum absolute atomic E-state index is 0.111. The van der Waals surface area contributed by atoms with Crippen LogP contribution in [0.4, 0.5) is 0 Å². The zero-order chi connectivity index (χ0) is 21.3. The summed E-state index contributed by atoms with van der Waals surface area (Å²) in [6, 6.07) is 8.09. The third kappa shape index (κ3) is 3.98. The Morgan fingerprint density at radius 3 is 2.73 bits per heavy atom. The van der Waals surface area contributed by atoms with E-state index in [0.29, 0.717) is 12.1 Å². The van der Waals surface area contributed by atoms with E-state index in [1.54, 1.807) is 23.7 Å². The second-order valence-corrected chi connectivity index (χ2v) is 9.13. The predicted molar refractivity (Wildman–Crippen MR) is 121 cm³/mol. The van der Waals surface area contributed by atoms with Crippen molar-refractivity contribution in [3.05, 3.63) is 63.7 Å². The first-order valence-electron chi connectivity index (χ1n) is 10.1. The van der Waals surface area contributed by atoms with Crippen LogP contribution in [0.15, 0.2) is 42.9 Å². The number of carbonyl (C=O) groups is 1. The third-order valence-corrected chi connectivity index (χ3v) is 6.01. The fourth-order valence-corrected chi connectivity index (χ4v) is 4.50. The van der Waals surface area contributed by atoms with E-state index in [-0.39, 0.29) is 11.9 Å². The molecule has 0 spiro atoms. The zero-order valence-corrected chi connectivity index (χ0v) is 18.5. The smallest absolute Gasteiger partial charge is 0.252 e. The van der Waals surface area contributed by atoms with Gasteiger partial charge in [0.1, 0.15) is 0 Å². The summed E-state index contributed by atoms with van der Waals surface area (Å²) in [6.07, 6.45) is 6.05. The maximum atomic E-state index is 13.1. The fraction of sp³-hybridized carbons (Fsp3) is 0.304. The molecule has 0 radical (unpaired) electrons. The first-order chi connectivity index (χ1) is 14.4. The summed E-state index contributed by atoms with van der Waals surface area (Å²) in [7, 11) is 0. The summed E-state index contributed by atoms with van der Waals surface area (Å²) in [5, 5.41) is 8.32. The highest BCUT2D eigenvalue weighted by Crippen LogP contribution is 2.32. The van der Waals surface area contributed by atoms with E-state index in [1.165, 1.54) is 9.75 Å². The number of hydrogen-bond donors (Lipinski definition) is 1. The van der Waals surface area contributed by atoms with E-state index in [0.717, 1.165) is 34.3 Å². The number of fused-ring (bicyclic) bond motifs is 1. The second-order valence-electron chi connectivity index (χ2n) is 7.67. The molecule has 4 aromatic heterocycles. The van der Waals surface area contributed by atoms with Gasteiger partial charge in [-0.15, -0.1) is 11.3 Å². The number of amides is 1. The van der Waals surface area contributed by atoms with Gasteiger partial charge in [-0.3, -0.25) is 9.78 Å². The molecule has 6 nitrogen and oxygen atoms in total. The van der Waals surface area contributed by atoms with Crippen LogP contribution >= 0.6 is 11.3 Å². The number of hydrogen-bond acceptors (Lipinski definition) is 5. The lowest BCUT2D eigenvalue weighted by Gasteiger charge is -2.11. The number of carbonyl (C=O) groups excluding carboxylic acids is 1. The Kier molecular flexibility index (Phi) is 5.63. The van der Waals surface area contributed by atoms with Crippen LogP contribution in [0.1, 0.15) is 45.6 Å². The molecule has 0 fully saturated rings. The molecule has 1 N–H and O–H groups in total. The molecule has 0 bridgehead atoms. The molecular weight excluding hydrogens is 394 g/mol. The van der Waals surface area contributed by atoms with Gasteiger partial charge < -0.3 is 5.32 Å². The molecule has 1 amide bonds. The Hall–Kier alpha value is -3.06. The van der Waals surface area contributed by atoms with Crippen molar-refractivity contribution in [3.63, 3.8) is 0 Å². The van der Waals surface area contributed by atoms with Crippen molar-refractivity contribution in [2.45, 2.75) is 40.2 Å². The highest BCUT2D eigenvalue weighted by atomic mass is 32.1. The quantitative estimate of drug-likeness (QED) is 0.491. The molecule has 0 aliphatic rings. The first kappa shape index (κ1) is 20.2. The average molecular weight is 420 g/mol. The van der Waals surface area contributed by atoms with Gasteiger partial charge >= 0.3 is 0 Å². The van der Waals surface area contributed by atoms with Gasteiger partial charge in [-0.1, -0.05) is 6.07 Å². The topological polar surface area (TPSA) is 72.7 Å².